The summed E-state index contributed by atoms with van der Waals surface area (Å²) >= 11 is 0. The monoisotopic (exact) mass is 410 g/mol. The van der Waals surface area contributed by atoms with Crippen LogP contribution in [0.2, 0.25) is 0 Å². The van der Waals surface area contributed by atoms with Crippen molar-refractivity contribution in [3.05, 3.63) is 62.2 Å². The van der Waals surface area contributed by atoms with Gasteiger partial charge >= 0.3 is 5.97 Å². The van der Waals surface area contributed by atoms with Crippen LogP contribution in [-0.4, -0.2) is 25.7 Å². The molecule has 4 heterocycles. The van der Waals surface area contributed by atoms with Crippen molar-refractivity contribution >= 4 is 16.9 Å². The number of carbonyl (C=O) groups is 1. The van der Waals surface area contributed by atoms with Gasteiger partial charge in [-0.25, -0.2) is 14.2 Å². The van der Waals surface area contributed by atoms with Gasteiger partial charge in [-0.15, -0.1) is 0 Å². The number of halogens is 1. The van der Waals surface area contributed by atoms with E-state index in [1.807, 2.05) is 0 Å². The molecule has 0 bridgehead atoms. The number of aromatic nitrogens is 2. The second-order valence-corrected chi connectivity index (χ2v) is 7.80. The Balaban J connectivity index is 1.84. The molecule has 7 nitrogen and oxygen atoms in total. The maximum Gasteiger partial charge on any atom is 0.343 e. The number of benzene rings is 1. The van der Waals surface area contributed by atoms with Crippen LogP contribution in [0.3, 0.4) is 0 Å². The number of carbonyl (C=O) groups excluding carboxylic acids is 1. The minimum Gasteiger partial charge on any atom is -0.458 e. The van der Waals surface area contributed by atoms with Crippen LogP contribution in [0.25, 0.3) is 22.3 Å². The molecule has 0 saturated carbocycles. The number of ether oxygens (including phenoxy) is 1. The van der Waals surface area contributed by atoms with E-state index in [1.54, 1.807) is 26.0 Å². The molecule has 30 heavy (non-hydrogen) atoms. The maximum atomic E-state index is 14.2. The summed E-state index contributed by atoms with van der Waals surface area (Å²) in [6, 6.07) is 4.54. The van der Waals surface area contributed by atoms with E-state index < -0.39 is 17.4 Å². The lowest BCUT2D eigenvalue weighted by molar-refractivity contribution is -0.172. The summed E-state index contributed by atoms with van der Waals surface area (Å²) in [5, 5.41) is 21.6. The highest BCUT2D eigenvalue weighted by molar-refractivity contribution is 5.89. The first-order valence-electron chi connectivity index (χ1n) is 9.69. The Bertz CT molecular complexity index is 1330. The summed E-state index contributed by atoms with van der Waals surface area (Å²) in [5.41, 5.74) is 1.07. The number of hydrogen-bond donors (Lipinski definition) is 2. The largest absolute Gasteiger partial charge is 0.458 e. The van der Waals surface area contributed by atoms with Crippen molar-refractivity contribution < 1.29 is 24.1 Å². The summed E-state index contributed by atoms with van der Waals surface area (Å²) in [6.07, 6.45) is 0.0477. The molecule has 0 aliphatic carbocycles. The summed E-state index contributed by atoms with van der Waals surface area (Å²) in [5.74, 6) is -1.21. The summed E-state index contributed by atoms with van der Waals surface area (Å²) in [6.45, 7) is 2.95. The minimum atomic E-state index is -1.91. The van der Waals surface area contributed by atoms with Crippen LogP contribution in [-0.2, 0) is 34.9 Å². The SMILES string of the molecule is CC[C@@]1(O)C(=O)OCc2c1cc1n(c2=O)Cc2c-1nc1cc(F)c(C)cc1c2CO. The zero-order valence-corrected chi connectivity index (χ0v) is 16.5. The fourth-order valence-corrected chi connectivity index (χ4v) is 4.47. The molecule has 2 aliphatic rings. The number of cyclic esters (lactones) is 1. The van der Waals surface area contributed by atoms with E-state index in [4.69, 9.17) is 4.74 Å². The second-order valence-electron chi connectivity index (χ2n) is 7.80. The van der Waals surface area contributed by atoms with Gasteiger partial charge in [-0.2, -0.15) is 0 Å². The molecular formula is C22H19FN2O5. The lowest BCUT2D eigenvalue weighted by Crippen LogP contribution is -2.44. The molecule has 0 amide bonds. The van der Waals surface area contributed by atoms with Crippen molar-refractivity contribution in [1.82, 2.24) is 9.55 Å². The number of nitrogens with zero attached hydrogens (tertiary/aromatic N) is 2. The zero-order valence-electron chi connectivity index (χ0n) is 16.5. The molecule has 3 aromatic rings. The van der Waals surface area contributed by atoms with Crippen molar-refractivity contribution in [3.63, 3.8) is 0 Å². The van der Waals surface area contributed by atoms with E-state index in [1.165, 1.54) is 10.6 Å². The van der Waals surface area contributed by atoms with Crippen LogP contribution in [0.4, 0.5) is 4.39 Å². The molecule has 0 saturated heterocycles. The summed E-state index contributed by atoms with van der Waals surface area (Å²) in [7, 11) is 0. The number of hydrogen-bond acceptors (Lipinski definition) is 6. The van der Waals surface area contributed by atoms with Crippen LogP contribution >= 0.6 is 0 Å². The van der Waals surface area contributed by atoms with Gasteiger partial charge in [0.05, 0.1) is 35.6 Å². The second kappa shape index (κ2) is 6.20. The van der Waals surface area contributed by atoms with Crippen molar-refractivity contribution in [1.29, 1.82) is 0 Å². The first kappa shape index (κ1) is 18.9. The van der Waals surface area contributed by atoms with Gasteiger partial charge in [0.1, 0.15) is 12.4 Å². The van der Waals surface area contributed by atoms with E-state index in [9.17, 15) is 24.2 Å². The third-order valence-corrected chi connectivity index (χ3v) is 6.24. The Labute approximate surface area is 170 Å². The predicted octanol–water partition coefficient (Wildman–Crippen LogP) is 2.02. The topological polar surface area (TPSA) is 102 Å². The van der Waals surface area contributed by atoms with Gasteiger partial charge in [-0.3, -0.25) is 4.79 Å². The number of fused-ring (bicyclic) bond motifs is 5. The van der Waals surface area contributed by atoms with Crippen LogP contribution in [0, 0.1) is 12.7 Å². The zero-order chi connectivity index (χ0) is 21.4. The molecule has 8 heteroatoms. The average molecular weight is 410 g/mol. The third-order valence-electron chi connectivity index (χ3n) is 6.24. The molecule has 0 fully saturated rings. The van der Waals surface area contributed by atoms with Crippen LogP contribution in [0.1, 0.15) is 41.2 Å². The van der Waals surface area contributed by atoms with E-state index in [2.05, 4.69) is 4.98 Å². The first-order valence-corrected chi connectivity index (χ1v) is 9.69. The van der Waals surface area contributed by atoms with Crippen molar-refractivity contribution in [2.75, 3.05) is 0 Å². The maximum absolute atomic E-state index is 14.2. The van der Waals surface area contributed by atoms with Gasteiger partial charge in [-0.1, -0.05) is 6.92 Å². The summed E-state index contributed by atoms with van der Waals surface area (Å²) in [4.78, 5) is 30.0. The minimum absolute atomic E-state index is 0.0477. The molecule has 0 unspecified atom stereocenters. The predicted molar refractivity (Wildman–Crippen MR) is 105 cm³/mol. The Morgan fingerprint density at radius 1 is 1.27 bits per heavy atom. The van der Waals surface area contributed by atoms with Gasteiger partial charge in [0.15, 0.2) is 5.60 Å². The number of pyridine rings is 2. The lowest BCUT2D eigenvalue weighted by Gasteiger charge is -2.31. The molecule has 2 aromatic heterocycles. The van der Waals surface area contributed by atoms with Crippen LogP contribution < -0.4 is 5.56 Å². The molecular weight excluding hydrogens is 391 g/mol. The van der Waals surface area contributed by atoms with Crippen molar-refractivity contribution in [3.8, 4) is 11.4 Å². The van der Waals surface area contributed by atoms with E-state index >= 15 is 0 Å². The highest BCUT2D eigenvalue weighted by atomic mass is 19.1. The highest BCUT2D eigenvalue weighted by Crippen LogP contribution is 2.40. The van der Waals surface area contributed by atoms with E-state index in [0.29, 0.717) is 39.0 Å². The van der Waals surface area contributed by atoms with Gasteiger partial charge in [-0.05, 0) is 36.6 Å². The Kier molecular flexibility index (Phi) is 3.90. The molecule has 0 radical (unpaired) electrons. The fourth-order valence-electron chi connectivity index (χ4n) is 4.47. The molecule has 5 rings (SSSR count). The molecule has 2 aliphatic heterocycles. The van der Waals surface area contributed by atoms with E-state index in [0.717, 1.165) is 0 Å². The van der Waals surface area contributed by atoms with Crippen molar-refractivity contribution in [2.24, 2.45) is 0 Å². The normalized spacial score (nSPS) is 19.4. The number of aliphatic hydroxyl groups is 2. The quantitative estimate of drug-likeness (QED) is 0.491. The fraction of sp³-hybridized carbons (Fsp3) is 0.318. The molecule has 1 aromatic carbocycles. The van der Waals surface area contributed by atoms with Crippen LogP contribution in [0.15, 0.2) is 23.0 Å². The van der Waals surface area contributed by atoms with Gasteiger partial charge in [0, 0.05) is 22.6 Å². The smallest absolute Gasteiger partial charge is 0.343 e. The highest BCUT2D eigenvalue weighted by Gasteiger charge is 2.45. The number of aryl methyl sites for hydroxylation is 1. The van der Waals surface area contributed by atoms with Crippen LogP contribution in [0.5, 0.6) is 0 Å². The van der Waals surface area contributed by atoms with E-state index in [-0.39, 0.29) is 42.9 Å². The summed E-state index contributed by atoms with van der Waals surface area (Å²) < 4.78 is 20.7. The molecule has 2 N–H and O–H groups in total. The Morgan fingerprint density at radius 2 is 2.03 bits per heavy atom. The lowest BCUT2D eigenvalue weighted by atomic mass is 9.86. The number of esters is 1. The number of rotatable bonds is 2. The third kappa shape index (κ3) is 2.28. The Hall–Kier alpha value is -3.10. The van der Waals surface area contributed by atoms with Gasteiger partial charge in [0.25, 0.3) is 5.56 Å². The standard InChI is InChI=1S/C22H19FN2O5/c1-3-22(29)15-5-18-19-12(7-25(18)20(27)14(15)9-30-21(22)28)13(8-26)11-4-10(2)16(23)6-17(11)24-19/h4-6,26,29H,3,7-9H2,1-2H3/t22-/m0/s1. The van der Waals surface area contributed by atoms with Crippen molar-refractivity contribution in [2.45, 2.75) is 45.6 Å². The molecule has 1 atom stereocenters. The Morgan fingerprint density at radius 3 is 2.73 bits per heavy atom. The average Bonchev–Trinajstić information content (AvgIpc) is 3.09. The first-order chi connectivity index (χ1) is 14.3. The molecule has 154 valence electrons. The molecule has 0 spiro atoms. The van der Waals surface area contributed by atoms with Gasteiger partial charge < -0.3 is 19.5 Å². The number of aliphatic hydroxyl groups excluding tert-OH is 1. The van der Waals surface area contributed by atoms with Gasteiger partial charge in [0.2, 0.25) is 0 Å².